The molecule has 1 heterocycles. The molecule has 1 aromatic carbocycles. The second-order valence-corrected chi connectivity index (χ2v) is 4.98. The minimum atomic E-state index is 0.165. The van der Waals surface area contributed by atoms with E-state index in [-0.39, 0.29) is 11.9 Å². The van der Waals surface area contributed by atoms with Crippen molar-refractivity contribution in [3.8, 4) is 0 Å². The molecule has 3 heteroatoms. The van der Waals surface area contributed by atoms with Crippen molar-refractivity contribution in [2.24, 2.45) is 5.73 Å². The van der Waals surface area contributed by atoms with Crippen LogP contribution in [0.5, 0.6) is 0 Å². The molecule has 0 aromatic heterocycles. The van der Waals surface area contributed by atoms with Crippen LogP contribution >= 0.6 is 0 Å². The highest BCUT2D eigenvalue weighted by Gasteiger charge is 2.23. The second-order valence-electron chi connectivity index (χ2n) is 4.98. The molecule has 1 fully saturated rings. The third kappa shape index (κ3) is 2.86. The predicted octanol–water partition coefficient (Wildman–Crippen LogP) is 1.41. The van der Waals surface area contributed by atoms with E-state index in [1.165, 1.54) is 11.1 Å². The SMILES string of the molecule is Cc1ccc(CC(=O)N2CCC(N)C2)cc1C. The molecule has 0 saturated carbocycles. The van der Waals surface area contributed by atoms with Gasteiger partial charge in [0.05, 0.1) is 6.42 Å². The van der Waals surface area contributed by atoms with Crippen LogP contribution in [0, 0.1) is 13.8 Å². The maximum atomic E-state index is 12.0. The summed E-state index contributed by atoms with van der Waals surface area (Å²) >= 11 is 0. The van der Waals surface area contributed by atoms with E-state index in [0.29, 0.717) is 13.0 Å². The summed E-state index contributed by atoms with van der Waals surface area (Å²) in [6, 6.07) is 6.38. The molecule has 1 aliphatic rings. The summed E-state index contributed by atoms with van der Waals surface area (Å²) in [5, 5.41) is 0. The number of aryl methyl sites for hydroxylation is 2. The molecule has 92 valence electrons. The molecular formula is C14H20N2O. The minimum Gasteiger partial charge on any atom is -0.341 e. The van der Waals surface area contributed by atoms with Crippen LogP contribution in [0.25, 0.3) is 0 Å². The summed E-state index contributed by atoms with van der Waals surface area (Å²) in [5.41, 5.74) is 9.41. The van der Waals surface area contributed by atoms with Gasteiger partial charge in [-0.1, -0.05) is 18.2 Å². The molecule has 2 N–H and O–H groups in total. The number of nitrogens with two attached hydrogens (primary N) is 1. The third-order valence-corrected chi connectivity index (χ3v) is 3.50. The Kier molecular flexibility index (Phi) is 3.48. The Morgan fingerprint density at radius 1 is 1.41 bits per heavy atom. The minimum absolute atomic E-state index is 0.165. The highest BCUT2D eigenvalue weighted by atomic mass is 16.2. The second kappa shape index (κ2) is 4.88. The van der Waals surface area contributed by atoms with E-state index in [2.05, 4.69) is 26.0 Å². The highest BCUT2D eigenvalue weighted by molar-refractivity contribution is 5.79. The van der Waals surface area contributed by atoms with Gasteiger partial charge in [0.1, 0.15) is 0 Å². The number of hydrogen-bond donors (Lipinski definition) is 1. The lowest BCUT2D eigenvalue weighted by atomic mass is 10.0. The summed E-state index contributed by atoms with van der Waals surface area (Å²) in [4.78, 5) is 13.9. The summed E-state index contributed by atoms with van der Waals surface area (Å²) in [7, 11) is 0. The lowest BCUT2D eigenvalue weighted by molar-refractivity contribution is -0.129. The first-order valence-electron chi connectivity index (χ1n) is 6.16. The number of carbonyl (C=O) groups excluding carboxylic acids is 1. The molecule has 1 atom stereocenters. The van der Waals surface area contributed by atoms with Gasteiger partial charge in [-0.05, 0) is 37.0 Å². The molecule has 0 bridgehead atoms. The number of hydrogen-bond acceptors (Lipinski definition) is 2. The number of nitrogens with zero attached hydrogens (tertiary/aromatic N) is 1. The van der Waals surface area contributed by atoms with Crippen LogP contribution in [0.1, 0.15) is 23.1 Å². The Balaban J connectivity index is 2.00. The molecule has 17 heavy (non-hydrogen) atoms. The summed E-state index contributed by atoms with van der Waals surface area (Å²) < 4.78 is 0. The summed E-state index contributed by atoms with van der Waals surface area (Å²) in [6.45, 7) is 5.68. The number of likely N-dealkylation sites (tertiary alicyclic amines) is 1. The first-order chi connectivity index (χ1) is 8.06. The maximum Gasteiger partial charge on any atom is 0.227 e. The van der Waals surface area contributed by atoms with Crippen molar-refractivity contribution in [3.05, 3.63) is 34.9 Å². The number of amides is 1. The molecule has 1 aromatic rings. The van der Waals surface area contributed by atoms with Gasteiger partial charge in [-0.3, -0.25) is 4.79 Å². The van der Waals surface area contributed by atoms with E-state index < -0.39 is 0 Å². The van der Waals surface area contributed by atoms with Crippen molar-refractivity contribution in [1.29, 1.82) is 0 Å². The standard InChI is InChI=1S/C14H20N2O/c1-10-3-4-12(7-11(10)2)8-14(17)16-6-5-13(15)9-16/h3-4,7,13H,5-6,8-9,15H2,1-2H3. The van der Waals surface area contributed by atoms with Gasteiger partial charge in [-0.15, -0.1) is 0 Å². The molecule has 0 aliphatic carbocycles. The van der Waals surface area contributed by atoms with E-state index in [0.717, 1.165) is 18.5 Å². The molecule has 0 radical (unpaired) electrons. The quantitative estimate of drug-likeness (QED) is 0.838. The zero-order chi connectivity index (χ0) is 12.4. The van der Waals surface area contributed by atoms with Crippen molar-refractivity contribution in [2.45, 2.75) is 32.7 Å². The molecule has 1 aliphatic heterocycles. The Bertz CT molecular complexity index is 428. The molecule has 2 rings (SSSR count). The average molecular weight is 232 g/mol. The van der Waals surface area contributed by atoms with Gasteiger partial charge in [-0.2, -0.15) is 0 Å². The summed E-state index contributed by atoms with van der Waals surface area (Å²) in [5.74, 6) is 0.196. The van der Waals surface area contributed by atoms with E-state index in [1.54, 1.807) is 0 Å². The Morgan fingerprint density at radius 3 is 2.76 bits per heavy atom. The van der Waals surface area contributed by atoms with Gasteiger partial charge in [0.25, 0.3) is 0 Å². The number of carbonyl (C=O) groups is 1. The maximum absolute atomic E-state index is 12.0. The van der Waals surface area contributed by atoms with Crippen LogP contribution in [0.3, 0.4) is 0 Å². The lowest BCUT2D eigenvalue weighted by Gasteiger charge is -2.16. The first kappa shape index (κ1) is 12.1. The third-order valence-electron chi connectivity index (χ3n) is 3.50. The van der Waals surface area contributed by atoms with Crippen molar-refractivity contribution < 1.29 is 4.79 Å². The lowest BCUT2D eigenvalue weighted by Crippen LogP contribution is -2.32. The van der Waals surface area contributed by atoms with Crippen LogP contribution in [-0.4, -0.2) is 29.9 Å². The van der Waals surface area contributed by atoms with Gasteiger partial charge in [0.15, 0.2) is 0 Å². The van der Waals surface area contributed by atoms with Gasteiger partial charge in [-0.25, -0.2) is 0 Å². The Morgan fingerprint density at radius 2 is 2.18 bits per heavy atom. The van der Waals surface area contributed by atoms with E-state index in [4.69, 9.17) is 5.73 Å². The largest absolute Gasteiger partial charge is 0.341 e. The highest BCUT2D eigenvalue weighted by Crippen LogP contribution is 2.13. The Hall–Kier alpha value is -1.35. The topological polar surface area (TPSA) is 46.3 Å². The zero-order valence-electron chi connectivity index (χ0n) is 10.6. The van der Waals surface area contributed by atoms with Crippen LogP contribution in [0.2, 0.25) is 0 Å². The normalized spacial score (nSPS) is 19.7. The van der Waals surface area contributed by atoms with Crippen molar-refractivity contribution in [1.82, 2.24) is 4.90 Å². The fourth-order valence-electron chi connectivity index (χ4n) is 2.21. The van der Waals surface area contributed by atoms with E-state index in [1.807, 2.05) is 11.0 Å². The van der Waals surface area contributed by atoms with Crippen LogP contribution in [-0.2, 0) is 11.2 Å². The Labute approximate surface area is 103 Å². The summed E-state index contributed by atoms with van der Waals surface area (Å²) in [6.07, 6.45) is 1.42. The molecule has 3 nitrogen and oxygen atoms in total. The van der Waals surface area contributed by atoms with Crippen LogP contribution in [0.15, 0.2) is 18.2 Å². The van der Waals surface area contributed by atoms with Gasteiger partial charge >= 0.3 is 0 Å². The van der Waals surface area contributed by atoms with E-state index in [9.17, 15) is 4.79 Å². The average Bonchev–Trinajstić information content (AvgIpc) is 2.70. The van der Waals surface area contributed by atoms with Crippen LogP contribution in [0.4, 0.5) is 0 Å². The van der Waals surface area contributed by atoms with Gasteiger partial charge in [0.2, 0.25) is 5.91 Å². The zero-order valence-corrected chi connectivity index (χ0v) is 10.6. The van der Waals surface area contributed by atoms with Crippen LogP contribution < -0.4 is 5.73 Å². The van der Waals surface area contributed by atoms with Crippen molar-refractivity contribution in [2.75, 3.05) is 13.1 Å². The fraction of sp³-hybridized carbons (Fsp3) is 0.500. The van der Waals surface area contributed by atoms with Gasteiger partial charge in [0, 0.05) is 19.1 Å². The molecule has 0 spiro atoms. The number of rotatable bonds is 2. The molecule has 1 saturated heterocycles. The van der Waals surface area contributed by atoms with Crippen molar-refractivity contribution >= 4 is 5.91 Å². The first-order valence-corrected chi connectivity index (χ1v) is 6.16. The van der Waals surface area contributed by atoms with E-state index >= 15 is 0 Å². The predicted molar refractivity (Wildman–Crippen MR) is 68.8 cm³/mol. The molecule has 1 unspecified atom stereocenters. The monoisotopic (exact) mass is 232 g/mol. The van der Waals surface area contributed by atoms with Gasteiger partial charge < -0.3 is 10.6 Å². The fourth-order valence-corrected chi connectivity index (χ4v) is 2.21. The molecule has 1 amide bonds. The number of benzene rings is 1. The van der Waals surface area contributed by atoms with Crippen molar-refractivity contribution in [3.63, 3.8) is 0 Å². The molecular weight excluding hydrogens is 212 g/mol. The smallest absolute Gasteiger partial charge is 0.227 e.